The summed E-state index contributed by atoms with van der Waals surface area (Å²) in [5.74, 6) is 0.913. The molecule has 0 unspecified atom stereocenters. The number of aryl methyl sites for hydroxylation is 1. The minimum absolute atomic E-state index is 0.0651. The van der Waals surface area contributed by atoms with E-state index in [1.807, 2.05) is 31.2 Å². The lowest BCUT2D eigenvalue weighted by Crippen LogP contribution is -2.03. The number of halogens is 1. The maximum absolute atomic E-state index is 11.3. The molecule has 5 heteroatoms. The zero-order valence-electron chi connectivity index (χ0n) is 11.0. The lowest BCUT2D eigenvalue weighted by atomic mass is 10.1. The van der Waals surface area contributed by atoms with Crippen molar-refractivity contribution in [3.05, 3.63) is 51.6 Å². The molecule has 1 aliphatic heterocycles. The third-order valence-corrected chi connectivity index (χ3v) is 4.13. The van der Waals surface area contributed by atoms with Gasteiger partial charge in [0.2, 0.25) is 5.91 Å². The first-order chi connectivity index (χ1) is 9.61. The minimum Gasteiger partial charge on any atom is -0.366 e. The molecule has 0 spiro atoms. The van der Waals surface area contributed by atoms with Gasteiger partial charge in [-0.1, -0.05) is 12.1 Å². The van der Waals surface area contributed by atoms with Crippen LogP contribution in [-0.4, -0.2) is 10.9 Å². The van der Waals surface area contributed by atoms with Crippen molar-refractivity contribution in [2.75, 3.05) is 10.6 Å². The Morgan fingerprint density at radius 2 is 2.20 bits per heavy atom. The molecule has 1 aromatic heterocycles. The Balaban J connectivity index is 1.71. The number of carbonyl (C=O) groups excluding carboxylic acids is 1. The van der Waals surface area contributed by atoms with Crippen LogP contribution in [0.3, 0.4) is 0 Å². The molecule has 0 saturated heterocycles. The van der Waals surface area contributed by atoms with E-state index < -0.39 is 0 Å². The minimum atomic E-state index is 0.0651. The van der Waals surface area contributed by atoms with Gasteiger partial charge < -0.3 is 10.6 Å². The predicted molar refractivity (Wildman–Crippen MR) is 82.8 cm³/mol. The number of hydrogen-bond acceptors (Lipinski definition) is 3. The smallest absolute Gasteiger partial charge is 0.228 e. The molecule has 0 fully saturated rings. The van der Waals surface area contributed by atoms with E-state index in [0.717, 1.165) is 32.8 Å². The molecule has 0 bridgehead atoms. The monoisotopic (exact) mass is 331 g/mol. The van der Waals surface area contributed by atoms with E-state index in [9.17, 15) is 4.79 Å². The lowest BCUT2D eigenvalue weighted by molar-refractivity contribution is -0.115. The molecule has 1 aromatic carbocycles. The van der Waals surface area contributed by atoms with Crippen molar-refractivity contribution in [2.24, 2.45) is 0 Å². The number of benzene rings is 1. The van der Waals surface area contributed by atoms with Gasteiger partial charge in [-0.15, -0.1) is 0 Å². The molecule has 2 N–H and O–H groups in total. The van der Waals surface area contributed by atoms with Crippen LogP contribution in [0, 0.1) is 6.92 Å². The molecular formula is C15H14BrN3O. The first-order valence-electron chi connectivity index (χ1n) is 6.40. The Bertz CT molecular complexity index is 685. The van der Waals surface area contributed by atoms with Crippen LogP contribution < -0.4 is 10.6 Å². The molecule has 3 rings (SSSR count). The Kier molecular flexibility index (Phi) is 3.44. The van der Waals surface area contributed by atoms with Gasteiger partial charge in [0.25, 0.3) is 0 Å². The topological polar surface area (TPSA) is 54.0 Å². The van der Waals surface area contributed by atoms with Crippen molar-refractivity contribution >= 4 is 33.3 Å². The van der Waals surface area contributed by atoms with Crippen LogP contribution in [-0.2, 0) is 17.8 Å². The highest BCUT2D eigenvalue weighted by Gasteiger charge is 2.17. The highest BCUT2D eigenvalue weighted by molar-refractivity contribution is 9.10. The third-order valence-electron chi connectivity index (χ3n) is 3.29. The Morgan fingerprint density at radius 1 is 1.35 bits per heavy atom. The van der Waals surface area contributed by atoms with Gasteiger partial charge in [-0.2, -0.15) is 0 Å². The van der Waals surface area contributed by atoms with E-state index in [-0.39, 0.29) is 5.91 Å². The van der Waals surface area contributed by atoms with Crippen LogP contribution in [0.25, 0.3) is 0 Å². The molecule has 2 heterocycles. The Morgan fingerprint density at radius 3 is 3.00 bits per heavy atom. The Hall–Kier alpha value is -1.88. The van der Waals surface area contributed by atoms with Crippen LogP contribution in [0.2, 0.25) is 0 Å². The standard InChI is InChI=1S/C15H14BrN3O/c1-9-12(16)3-5-14(18-9)17-8-10-2-4-13-11(6-10)7-15(20)19-13/h2-6H,7-8H2,1H3,(H,17,18)(H,19,20). The molecule has 0 aliphatic carbocycles. The van der Waals surface area contributed by atoms with Gasteiger partial charge in [-0.3, -0.25) is 4.79 Å². The molecule has 4 nitrogen and oxygen atoms in total. The molecule has 1 aliphatic rings. The highest BCUT2D eigenvalue weighted by Crippen LogP contribution is 2.24. The van der Waals surface area contributed by atoms with E-state index in [0.29, 0.717) is 13.0 Å². The summed E-state index contributed by atoms with van der Waals surface area (Å²) >= 11 is 3.44. The summed E-state index contributed by atoms with van der Waals surface area (Å²) in [5, 5.41) is 6.13. The van der Waals surface area contributed by atoms with Gasteiger partial charge in [-0.25, -0.2) is 4.98 Å². The second-order valence-electron chi connectivity index (χ2n) is 4.83. The maximum Gasteiger partial charge on any atom is 0.228 e. The molecule has 20 heavy (non-hydrogen) atoms. The average Bonchev–Trinajstić information content (AvgIpc) is 2.79. The van der Waals surface area contributed by atoms with Gasteiger partial charge >= 0.3 is 0 Å². The average molecular weight is 332 g/mol. The number of amides is 1. The van der Waals surface area contributed by atoms with Crippen molar-refractivity contribution in [1.82, 2.24) is 4.98 Å². The number of fused-ring (bicyclic) bond motifs is 1. The van der Waals surface area contributed by atoms with Gasteiger partial charge in [-0.05, 0) is 52.2 Å². The second kappa shape index (κ2) is 5.25. The third kappa shape index (κ3) is 2.67. The lowest BCUT2D eigenvalue weighted by Gasteiger charge is -2.08. The number of carbonyl (C=O) groups is 1. The van der Waals surface area contributed by atoms with Crippen LogP contribution >= 0.6 is 15.9 Å². The van der Waals surface area contributed by atoms with Crippen molar-refractivity contribution < 1.29 is 4.79 Å². The molecule has 0 atom stereocenters. The zero-order chi connectivity index (χ0) is 14.1. The number of aromatic nitrogens is 1. The van der Waals surface area contributed by atoms with Crippen molar-refractivity contribution in [1.29, 1.82) is 0 Å². The fourth-order valence-corrected chi connectivity index (χ4v) is 2.45. The van der Waals surface area contributed by atoms with Gasteiger partial charge in [0.15, 0.2) is 0 Å². The fourth-order valence-electron chi connectivity index (χ4n) is 2.23. The number of anilines is 2. The summed E-state index contributed by atoms with van der Waals surface area (Å²) in [6.07, 6.45) is 0.471. The molecule has 0 radical (unpaired) electrons. The second-order valence-corrected chi connectivity index (χ2v) is 5.69. The normalized spacial score (nSPS) is 13.0. The maximum atomic E-state index is 11.3. The summed E-state index contributed by atoms with van der Waals surface area (Å²) in [6.45, 7) is 2.65. The predicted octanol–water partition coefficient (Wildman–Crippen LogP) is 3.26. The first-order valence-corrected chi connectivity index (χ1v) is 7.20. The number of hydrogen-bond donors (Lipinski definition) is 2. The summed E-state index contributed by atoms with van der Waals surface area (Å²) in [6, 6.07) is 9.96. The summed E-state index contributed by atoms with van der Waals surface area (Å²) in [4.78, 5) is 15.8. The van der Waals surface area contributed by atoms with Gasteiger partial charge in [0.05, 0.1) is 12.1 Å². The SMILES string of the molecule is Cc1nc(NCc2ccc3c(c2)CC(=O)N3)ccc1Br. The van der Waals surface area contributed by atoms with Crippen molar-refractivity contribution in [3.8, 4) is 0 Å². The van der Waals surface area contributed by atoms with Crippen molar-refractivity contribution in [3.63, 3.8) is 0 Å². The number of nitrogens with zero attached hydrogens (tertiary/aromatic N) is 1. The van der Waals surface area contributed by atoms with E-state index in [1.54, 1.807) is 0 Å². The number of pyridine rings is 1. The van der Waals surface area contributed by atoms with Crippen LogP contribution in [0.15, 0.2) is 34.8 Å². The highest BCUT2D eigenvalue weighted by atomic mass is 79.9. The first kappa shape index (κ1) is 13.1. The van der Waals surface area contributed by atoms with E-state index in [2.05, 4.69) is 37.6 Å². The Labute approximate surface area is 125 Å². The summed E-state index contributed by atoms with van der Waals surface area (Å²) in [7, 11) is 0. The van der Waals surface area contributed by atoms with Crippen LogP contribution in [0.5, 0.6) is 0 Å². The summed E-state index contributed by atoms with van der Waals surface area (Å²) < 4.78 is 1.00. The number of nitrogens with one attached hydrogen (secondary N) is 2. The molecule has 0 saturated carbocycles. The molecule has 102 valence electrons. The molecule has 1 amide bonds. The zero-order valence-corrected chi connectivity index (χ0v) is 12.6. The quantitative estimate of drug-likeness (QED) is 0.907. The summed E-state index contributed by atoms with van der Waals surface area (Å²) in [5.41, 5.74) is 4.09. The molecular weight excluding hydrogens is 318 g/mol. The largest absolute Gasteiger partial charge is 0.366 e. The van der Waals surface area contributed by atoms with E-state index >= 15 is 0 Å². The van der Waals surface area contributed by atoms with Gasteiger partial charge in [0, 0.05) is 16.7 Å². The number of rotatable bonds is 3. The fraction of sp³-hybridized carbons (Fsp3) is 0.200. The van der Waals surface area contributed by atoms with E-state index in [4.69, 9.17) is 0 Å². The van der Waals surface area contributed by atoms with Crippen molar-refractivity contribution in [2.45, 2.75) is 19.9 Å². The molecule has 2 aromatic rings. The van der Waals surface area contributed by atoms with Crippen LogP contribution in [0.1, 0.15) is 16.8 Å². The van der Waals surface area contributed by atoms with E-state index in [1.165, 1.54) is 0 Å². The van der Waals surface area contributed by atoms with Crippen LogP contribution in [0.4, 0.5) is 11.5 Å². The van der Waals surface area contributed by atoms with Gasteiger partial charge in [0.1, 0.15) is 5.82 Å².